The molecule has 0 fully saturated rings. The third-order valence-corrected chi connectivity index (χ3v) is 3.42. The Labute approximate surface area is 161 Å². The van der Waals surface area contributed by atoms with Gasteiger partial charge in [-0.15, -0.1) is 0 Å². The molecule has 0 saturated carbocycles. The topological polar surface area (TPSA) is 126 Å². The van der Waals surface area contributed by atoms with Crippen LogP contribution in [0.5, 0.6) is 0 Å². The number of nitrogens with one attached hydrogen (secondary N) is 1. The Morgan fingerprint density at radius 2 is 1.22 bits per heavy atom. The van der Waals surface area contributed by atoms with Crippen molar-refractivity contribution in [3.8, 4) is 0 Å². The maximum absolute atomic E-state index is 11.5. The van der Waals surface area contributed by atoms with E-state index in [-0.39, 0.29) is 42.8 Å². The first-order chi connectivity index (χ1) is 12.9. The number of rotatable bonds is 19. The predicted octanol–water partition coefficient (Wildman–Crippen LogP) is 0.0497. The van der Waals surface area contributed by atoms with E-state index >= 15 is 0 Å². The van der Waals surface area contributed by atoms with Crippen molar-refractivity contribution in [1.82, 2.24) is 5.32 Å². The zero-order valence-electron chi connectivity index (χ0n) is 16.5. The third kappa shape index (κ3) is 19.0. The summed E-state index contributed by atoms with van der Waals surface area (Å²) in [6, 6.07) is 0. The van der Waals surface area contributed by atoms with Crippen molar-refractivity contribution in [3.63, 3.8) is 0 Å². The highest BCUT2D eigenvalue weighted by molar-refractivity contribution is 5.85. The van der Waals surface area contributed by atoms with E-state index in [4.69, 9.17) is 24.7 Å². The van der Waals surface area contributed by atoms with Gasteiger partial charge in [-0.25, -0.2) is 0 Å². The van der Waals surface area contributed by atoms with Crippen molar-refractivity contribution in [2.45, 2.75) is 33.1 Å². The van der Waals surface area contributed by atoms with Gasteiger partial charge in [0.15, 0.2) is 0 Å². The Morgan fingerprint density at radius 1 is 0.741 bits per heavy atom. The Bertz CT molecular complexity index is 417. The van der Waals surface area contributed by atoms with E-state index in [2.05, 4.69) is 5.32 Å². The number of nitrogens with two attached hydrogens (primary N) is 1. The quantitative estimate of drug-likeness (QED) is 0.298. The predicted molar refractivity (Wildman–Crippen MR) is 99.2 cm³/mol. The number of hydrogen-bond acceptors (Lipinski definition) is 7. The monoisotopic (exact) mass is 390 g/mol. The van der Waals surface area contributed by atoms with Crippen LogP contribution in [-0.2, 0) is 33.3 Å². The molecule has 9 nitrogen and oxygen atoms in total. The second-order valence-corrected chi connectivity index (χ2v) is 6.14. The van der Waals surface area contributed by atoms with E-state index in [1.807, 2.05) is 13.8 Å². The van der Waals surface area contributed by atoms with Gasteiger partial charge in [0, 0.05) is 31.7 Å². The fourth-order valence-electron chi connectivity index (χ4n) is 1.81. The van der Waals surface area contributed by atoms with Crippen molar-refractivity contribution in [2.75, 3.05) is 59.4 Å². The molecule has 0 aromatic heterocycles. The van der Waals surface area contributed by atoms with Crippen LogP contribution in [0.1, 0.15) is 33.1 Å². The molecule has 0 aromatic carbocycles. The Hall–Kier alpha value is -1.55. The van der Waals surface area contributed by atoms with Crippen LogP contribution in [0.2, 0.25) is 0 Å². The summed E-state index contributed by atoms with van der Waals surface area (Å²) in [5.74, 6) is -0.460. The first kappa shape index (κ1) is 25.4. The van der Waals surface area contributed by atoms with Crippen LogP contribution in [0.15, 0.2) is 0 Å². The lowest BCUT2D eigenvalue weighted by Gasteiger charge is -2.08. The van der Waals surface area contributed by atoms with Crippen LogP contribution in [-0.4, -0.2) is 77.0 Å². The van der Waals surface area contributed by atoms with Crippen LogP contribution in [0, 0.1) is 5.92 Å². The van der Waals surface area contributed by atoms with E-state index in [9.17, 15) is 14.4 Å². The zero-order valence-corrected chi connectivity index (χ0v) is 16.5. The number of ketones is 1. The minimum atomic E-state index is -0.382. The van der Waals surface area contributed by atoms with Gasteiger partial charge in [0.2, 0.25) is 11.8 Å². The van der Waals surface area contributed by atoms with Crippen molar-refractivity contribution in [3.05, 3.63) is 0 Å². The highest BCUT2D eigenvalue weighted by atomic mass is 16.6. The molecule has 0 spiro atoms. The number of carbonyl (C=O) groups is 3. The summed E-state index contributed by atoms with van der Waals surface area (Å²) in [6.07, 6.45) is 0.709. The van der Waals surface area contributed by atoms with Gasteiger partial charge in [-0.2, -0.15) is 0 Å². The molecule has 0 atom stereocenters. The standard InChI is InChI=1S/C18H34N2O7/c1-15(2)16(21)3-4-18(23)20-6-8-25-10-12-27-14-13-26-11-9-24-7-5-17(19)22/h15H,3-14H2,1-2H3,(H2,19,22)(H,20,23). The van der Waals surface area contributed by atoms with Gasteiger partial charge >= 0.3 is 0 Å². The highest BCUT2D eigenvalue weighted by Gasteiger charge is 2.09. The van der Waals surface area contributed by atoms with E-state index < -0.39 is 0 Å². The SMILES string of the molecule is CC(C)C(=O)CCC(=O)NCCOCCOCCOCCOCCC(N)=O. The molecule has 0 bridgehead atoms. The molecule has 0 aliphatic heterocycles. The molecule has 0 aromatic rings. The van der Waals surface area contributed by atoms with Crippen LogP contribution in [0.3, 0.4) is 0 Å². The van der Waals surface area contributed by atoms with Crippen molar-refractivity contribution in [1.29, 1.82) is 0 Å². The molecule has 0 aliphatic rings. The lowest BCUT2D eigenvalue weighted by Crippen LogP contribution is -2.28. The molecule has 0 unspecified atom stereocenters. The van der Waals surface area contributed by atoms with E-state index in [0.717, 1.165) is 0 Å². The van der Waals surface area contributed by atoms with E-state index in [1.165, 1.54) is 0 Å². The largest absolute Gasteiger partial charge is 0.379 e. The lowest BCUT2D eigenvalue weighted by atomic mass is 10.0. The smallest absolute Gasteiger partial charge is 0.220 e. The van der Waals surface area contributed by atoms with Gasteiger partial charge in [-0.05, 0) is 0 Å². The molecular weight excluding hydrogens is 356 g/mol. The summed E-state index contributed by atoms with van der Waals surface area (Å²) in [7, 11) is 0. The molecule has 0 radical (unpaired) electrons. The molecule has 0 rings (SSSR count). The maximum atomic E-state index is 11.5. The first-order valence-electron chi connectivity index (χ1n) is 9.32. The fraction of sp³-hybridized carbons (Fsp3) is 0.833. The summed E-state index contributed by atoms with van der Waals surface area (Å²) in [5.41, 5.74) is 4.98. The highest BCUT2D eigenvalue weighted by Crippen LogP contribution is 2.01. The van der Waals surface area contributed by atoms with Crippen LogP contribution >= 0.6 is 0 Å². The van der Waals surface area contributed by atoms with Crippen LogP contribution in [0.25, 0.3) is 0 Å². The molecule has 0 heterocycles. The summed E-state index contributed by atoms with van der Waals surface area (Å²) >= 11 is 0. The maximum Gasteiger partial charge on any atom is 0.220 e. The molecule has 3 N–H and O–H groups in total. The molecule has 0 saturated heterocycles. The minimum Gasteiger partial charge on any atom is -0.379 e. The van der Waals surface area contributed by atoms with E-state index in [1.54, 1.807) is 0 Å². The Kier molecular flexibility index (Phi) is 16.8. The van der Waals surface area contributed by atoms with Gasteiger partial charge in [-0.1, -0.05) is 13.8 Å². The average molecular weight is 390 g/mol. The number of ether oxygens (including phenoxy) is 4. The second kappa shape index (κ2) is 17.8. The van der Waals surface area contributed by atoms with Crippen molar-refractivity contribution < 1.29 is 33.3 Å². The summed E-state index contributed by atoms with van der Waals surface area (Å²) in [4.78, 5) is 33.4. The zero-order chi connectivity index (χ0) is 20.3. The normalized spacial score (nSPS) is 10.9. The first-order valence-corrected chi connectivity index (χ1v) is 9.32. The third-order valence-electron chi connectivity index (χ3n) is 3.42. The molecule has 27 heavy (non-hydrogen) atoms. The number of carbonyl (C=O) groups excluding carboxylic acids is 3. The molecular formula is C18H34N2O7. The van der Waals surface area contributed by atoms with Gasteiger partial charge in [-0.3, -0.25) is 14.4 Å². The number of primary amides is 1. The Balaban J connectivity index is 3.21. The van der Waals surface area contributed by atoms with E-state index in [0.29, 0.717) is 59.4 Å². The number of hydrogen-bond donors (Lipinski definition) is 2. The molecule has 158 valence electrons. The van der Waals surface area contributed by atoms with Crippen LogP contribution in [0.4, 0.5) is 0 Å². The van der Waals surface area contributed by atoms with Gasteiger partial charge in [0.1, 0.15) is 5.78 Å². The van der Waals surface area contributed by atoms with Gasteiger partial charge in [0.25, 0.3) is 0 Å². The van der Waals surface area contributed by atoms with Crippen LogP contribution < -0.4 is 11.1 Å². The molecule has 2 amide bonds. The second-order valence-electron chi connectivity index (χ2n) is 6.14. The average Bonchev–Trinajstić information content (AvgIpc) is 2.62. The fourth-order valence-corrected chi connectivity index (χ4v) is 1.81. The lowest BCUT2D eigenvalue weighted by molar-refractivity contribution is -0.126. The molecule has 9 heteroatoms. The summed E-state index contributed by atoms with van der Waals surface area (Å²) in [6.45, 7) is 7.37. The molecule has 0 aliphatic carbocycles. The van der Waals surface area contributed by atoms with Crippen molar-refractivity contribution in [2.24, 2.45) is 11.7 Å². The van der Waals surface area contributed by atoms with Crippen molar-refractivity contribution >= 4 is 17.6 Å². The van der Waals surface area contributed by atoms with Gasteiger partial charge in [0.05, 0.1) is 52.9 Å². The Morgan fingerprint density at radius 3 is 1.70 bits per heavy atom. The summed E-state index contributed by atoms with van der Waals surface area (Å²) < 4.78 is 21.1. The van der Waals surface area contributed by atoms with Gasteiger partial charge < -0.3 is 30.0 Å². The number of Topliss-reactive ketones (excluding diaryl/α,β-unsaturated/α-hetero) is 1. The summed E-state index contributed by atoms with van der Waals surface area (Å²) in [5, 5.41) is 2.71. The number of amides is 2. The minimum absolute atomic E-state index is 0.0341.